The predicted molar refractivity (Wildman–Crippen MR) is 68.7 cm³/mol. The molecule has 0 aromatic heterocycles. The second-order valence-corrected chi connectivity index (χ2v) is 4.30. The maximum atomic E-state index is 6.22. The van der Waals surface area contributed by atoms with Crippen LogP contribution in [0.1, 0.15) is 32.3 Å². The molecule has 0 heterocycles. The lowest BCUT2D eigenvalue weighted by Crippen LogP contribution is -2.31. The van der Waals surface area contributed by atoms with E-state index in [2.05, 4.69) is 26.0 Å². The molecule has 0 saturated heterocycles. The Bertz CT molecular complexity index is 307. The Morgan fingerprint density at radius 1 is 1.25 bits per heavy atom. The highest BCUT2D eigenvalue weighted by Gasteiger charge is 2.14. The van der Waals surface area contributed by atoms with Crippen LogP contribution in [0, 0.1) is 5.92 Å². The van der Waals surface area contributed by atoms with E-state index >= 15 is 0 Å². The van der Waals surface area contributed by atoms with Crippen LogP contribution in [-0.4, -0.2) is 13.2 Å². The molecule has 2 N–H and O–H groups in total. The van der Waals surface area contributed by atoms with Crippen LogP contribution in [0.3, 0.4) is 0 Å². The van der Waals surface area contributed by atoms with Gasteiger partial charge in [-0.1, -0.05) is 38.8 Å². The van der Waals surface area contributed by atoms with Gasteiger partial charge in [0.25, 0.3) is 0 Å². The molecule has 90 valence electrons. The SMILES string of the molecule is CCC(CC)C(N)Cc1cccc(OC)c1. The first kappa shape index (κ1) is 13.0. The summed E-state index contributed by atoms with van der Waals surface area (Å²) in [6.45, 7) is 4.42. The average Bonchev–Trinajstić information content (AvgIpc) is 2.31. The van der Waals surface area contributed by atoms with E-state index in [0.29, 0.717) is 5.92 Å². The number of rotatable bonds is 6. The third kappa shape index (κ3) is 3.53. The van der Waals surface area contributed by atoms with Gasteiger partial charge in [-0.3, -0.25) is 0 Å². The Labute approximate surface area is 98.8 Å². The molecule has 0 aliphatic carbocycles. The molecule has 1 aromatic rings. The van der Waals surface area contributed by atoms with Gasteiger partial charge in [-0.05, 0) is 30.0 Å². The summed E-state index contributed by atoms with van der Waals surface area (Å²) >= 11 is 0. The number of nitrogens with two attached hydrogens (primary N) is 1. The summed E-state index contributed by atoms with van der Waals surface area (Å²) in [6.07, 6.45) is 3.24. The number of methoxy groups -OCH3 is 1. The lowest BCUT2D eigenvalue weighted by molar-refractivity contribution is 0.391. The van der Waals surface area contributed by atoms with Crippen molar-refractivity contribution in [3.05, 3.63) is 29.8 Å². The molecule has 0 saturated carbocycles. The summed E-state index contributed by atoms with van der Waals surface area (Å²) < 4.78 is 5.21. The summed E-state index contributed by atoms with van der Waals surface area (Å²) in [5.41, 5.74) is 7.48. The molecule has 0 amide bonds. The molecule has 0 radical (unpaired) electrons. The van der Waals surface area contributed by atoms with Crippen LogP contribution in [0.2, 0.25) is 0 Å². The highest BCUT2D eigenvalue weighted by molar-refractivity contribution is 5.28. The smallest absolute Gasteiger partial charge is 0.119 e. The third-order valence-corrected chi connectivity index (χ3v) is 3.26. The molecule has 1 atom stereocenters. The minimum Gasteiger partial charge on any atom is -0.497 e. The van der Waals surface area contributed by atoms with Crippen LogP contribution >= 0.6 is 0 Å². The number of hydrogen-bond acceptors (Lipinski definition) is 2. The van der Waals surface area contributed by atoms with Crippen molar-refractivity contribution in [1.82, 2.24) is 0 Å². The highest BCUT2D eigenvalue weighted by atomic mass is 16.5. The van der Waals surface area contributed by atoms with Gasteiger partial charge in [-0.15, -0.1) is 0 Å². The first-order valence-electron chi connectivity index (χ1n) is 6.09. The Morgan fingerprint density at radius 3 is 2.50 bits per heavy atom. The van der Waals surface area contributed by atoms with Gasteiger partial charge in [0.15, 0.2) is 0 Å². The van der Waals surface area contributed by atoms with Crippen LogP contribution < -0.4 is 10.5 Å². The van der Waals surface area contributed by atoms with Gasteiger partial charge in [0.05, 0.1) is 7.11 Å². The van der Waals surface area contributed by atoms with E-state index in [9.17, 15) is 0 Å². The van der Waals surface area contributed by atoms with E-state index in [-0.39, 0.29) is 6.04 Å². The highest BCUT2D eigenvalue weighted by Crippen LogP contribution is 2.18. The second-order valence-electron chi connectivity index (χ2n) is 4.30. The summed E-state index contributed by atoms with van der Waals surface area (Å²) in [5.74, 6) is 1.53. The van der Waals surface area contributed by atoms with Crippen molar-refractivity contribution in [2.24, 2.45) is 11.7 Å². The van der Waals surface area contributed by atoms with E-state index in [1.807, 2.05) is 12.1 Å². The van der Waals surface area contributed by atoms with Crippen LogP contribution in [0.25, 0.3) is 0 Å². The van der Waals surface area contributed by atoms with Gasteiger partial charge in [0.1, 0.15) is 5.75 Å². The molecular formula is C14H23NO. The zero-order valence-electron chi connectivity index (χ0n) is 10.6. The van der Waals surface area contributed by atoms with Crippen molar-refractivity contribution >= 4 is 0 Å². The van der Waals surface area contributed by atoms with Gasteiger partial charge in [0.2, 0.25) is 0 Å². The van der Waals surface area contributed by atoms with E-state index in [1.54, 1.807) is 7.11 Å². The van der Waals surface area contributed by atoms with Crippen molar-refractivity contribution in [1.29, 1.82) is 0 Å². The lowest BCUT2D eigenvalue weighted by Gasteiger charge is -2.21. The minimum absolute atomic E-state index is 0.252. The molecule has 1 rings (SSSR count). The quantitative estimate of drug-likeness (QED) is 0.801. The predicted octanol–water partition coefficient (Wildman–Crippen LogP) is 3.00. The van der Waals surface area contributed by atoms with Crippen molar-refractivity contribution in [2.75, 3.05) is 7.11 Å². The fourth-order valence-electron chi connectivity index (χ4n) is 2.13. The van der Waals surface area contributed by atoms with Crippen LogP contribution in [0.4, 0.5) is 0 Å². The van der Waals surface area contributed by atoms with Gasteiger partial charge in [-0.25, -0.2) is 0 Å². The zero-order valence-corrected chi connectivity index (χ0v) is 10.6. The van der Waals surface area contributed by atoms with Crippen LogP contribution in [0.15, 0.2) is 24.3 Å². The molecule has 0 spiro atoms. The first-order valence-corrected chi connectivity index (χ1v) is 6.09. The van der Waals surface area contributed by atoms with E-state index in [0.717, 1.165) is 25.0 Å². The monoisotopic (exact) mass is 221 g/mol. The molecule has 1 aromatic carbocycles. The van der Waals surface area contributed by atoms with Gasteiger partial charge < -0.3 is 10.5 Å². The maximum Gasteiger partial charge on any atom is 0.119 e. The maximum absolute atomic E-state index is 6.22. The zero-order chi connectivity index (χ0) is 12.0. The fourth-order valence-corrected chi connectivity index (χ4v) is 2.13. The lowest BCUT2D eigenvalue weighted by atomic mass is 9.90. The Hall–Kier alpha value is -1.02. The van der Waals surface area contributed by atoms with Crippen molar-refractivity contribution < 1.29 is 4.74 Å². The summed E-state index contributed by atoms with van der Waals surface area (Å²) in [4.78, 5) is 0. The van der Waals surface area contributed by atoms with Crippen molar-refractivity contribution in [2.45, 2.75) is 39.2 Å². The topological polar surface area (TPSA) is 35.2 Å². The van der Waals surface area contributed by atoms with Crippen LogP contribution in [0.5, 0.6) is 5.75 Å². The number of ether oxygens (including phenoxy) is 1. The van der Waals surface area contributed by atoms with E-state index in [1.165, 1.54) is 5.56 Å². The van der Waals surface area contributed by atoms with Gasteiger partial charge >= 0.3 is 0 Å². The molecule has 1 unspecified atom stereocenters. The largest absolute Gasteiger partial charge is 0.497 e. The van der Waals surface area contributed by atoms with E-state index < -0.39 is 0 Å². The Balaban J connectivity index is 2.64. The third-order valence-electron chi connectivity index (χ3n) is 3.26. The molecule has 2 nitrogen and oxygen atoms in total. The van der Waals surface area contributed by atoms with Crippen molar-refractivity contribution in [3.8, 4) is 5.75 Å². The van der Waals surface area contributed by atoms with Crippen LogP contribution in [-0.2, 0) is 6.42 Å². The van der Waals surface area contributed by atoms with Crippen molar-refractivity contribution in [3.63, 3.8) is 0 Å². The summed E-state index contributed by atoms with van der Waals surface area (Å²) in [5, 5.41) is 0. The van der Waals surface area contributed by atoms with E-state index in [4.69, 9.17) is 10.5 Å². The molecule has 2 heteroatoms. The summed E-state index contributed by atoms with van der Waals surface area (Å²) in [7, 11) is 1.69. The Morgan fingerprint density at radius 2 is 1.94 bits per heavy atom. The molecule has 0 aliphatic rings. The minimum atomic E-state index is 0.252. The molecule has 0 fully saturated rings. The summed E-state index contributed by atoms with van der Waals surface area (Å²) in [6, 6.07) is 8.43. The number of hydrogen-bond donors (Lipinski definition) is 1. The first-order chi connectivity index (χ1) is 7.71. The normalized spacial score (nSPS) is 12.8. The Kier molecular flexibility index (Phi) is 5.33. The fraction of sp³-hybridized carbons (Fsp3) is 0.571. The number of benzene rings is 1. The molecular weight excluding hydrogens is 198 g/mol. The standard InChI is InChI=1S/C14H23NO/c1-4-12(5-2)14(15)10-11-7-6-8-13(9-11)16-3/h6-9,12,14H,4-5,10,15H2,1-3H3. The van der Waals surface area contributed by atoms with Gasteiger partial charge in [0, 0.05) is 6.04 Å². The molecule has 16 heavy (non-hydrogen) atoms. The molecule has 0 aliphatic heterocycles. The average molecular weight is 221 g/mol. The molecule has 0 bridgehead atoms. The van der Waals surface area contributed by atoms with Gasteiger partial charge in [-0.2, -0.15) is 0 Å². The second kappa shape index (κ2) is 6.54.